The lowest BCUT2D eigenvalue weighted by Gasteiger charge is -2.16. The Hall–Kier alpha value is -1.34. The van der Waals surface area contributed by atoms with Crippen LogP contribution in [0.2, 0.25) is 0 Å². The van der Waals surface area contributed by atoms with Gasteiger partial charge in [0.05, 0.1) is 6.61 Å². The van der Waals surface area contributed by atoms with Crippen molar-refractivity contribution in [2.24, 2.45) is 0 Å². The molecule has 0 spiro atoms. The Kier molecular flexibility index (Phi) is 4.98. The fraction of sp³-hybridized carbons (Fsp3) is 0.833. The van der Waals surface area contributed by atoms with Crippen molar-refractivity contribution in [2.75, 3.05) is 32.8 Å². The molecule has 3 N–H and O–H groups in total. The van der Waals surface area contributed by atoms with E-state index in [4.69, 9.17) is 9.84 Å². The van der Waals surface area contributed by atoms with Crippen molar-refractivity contribution in [2.45, 2.75) is 31.3 Å². The third kappa shape index (κ3) is 5.04. The first-order valence-corrected chi connectivity index (χ1v) is 6.73. The van der Waals surface area contributed by atoms with Crippen molar-refractivity contribution in [1.82, 2.24) is 15.5 Å². The molecule has 2 aliphatic rings. The van der Waals surface area contributed by atoms with Crippen LogP contribution < -0.4 is 10.6 Å². The molecule has 0 radical (unpaired) electrons. The van der Waals surface area contributed by atoms with Crippen molar-refractivity contribution in [3.05, 3.63) is 0 Å². The first-order chi connectivity index (χ1) is 9.15. The molecule has 2 amide bonds. The summed E-state index contributed by atoms with van der Waals surface area (Å²) in [5.74, 6) is -1.00. The Morgan fingerprint density at radius 2 is 2.11 bits per heavy atom. The second-order valence-corrected chi connectivity index (χ2v) is 5.06. The highest BCUT2D eigenvalue weighted by atomic mass is 16.5. The number of hydrogen-bond donors (Lipinski definition) is 3. The number of rotatable bonds is 7. The zero-order valence-electron chi connectivity index (χ0n) is 10.9. The van der Waals surface area contributed by atoms with Gasteiger partial charge in [-0.2, -0.15) is 0 Å². The summed E-state index contributed by atoms with van der Waals surface area (Å²) in [6, 6.07) is 0.765. The highest BCUT2D eigenvalue weighted by Crippen LogP contribution is 2.29. The van der Waals surface area contributed by atoms with E-state index in [1.807, 2.05) is 0 Å². The van der Waals surface area contributed by atoms with Gasteiger partial charge < -0.3 is 20.5 Å². The molecule has 1 saturated carbocycles. The molecular formula is C12H21N3O4. The molecule has 0 aromatic heterocycles. The number of carboxylic acids is 1. The van der Waals surface area contributed by atoms with E-state index in [1.165, 1.54) is 12.8 Å². The fourth-order valence-corrected chi connectivity index (χ4v) is 2.31. The minimum Gasteiger partial charge on any atom is -0.480 e. The molecule has 0 aromatic carbocycles. The van der Waals surface area contributed by atoms with E-state index in [9.17, 15) is 9.59 Å². The fourth-order valence-electron chi connectivity index (χ4n) is 2.31. The van der Waals surface area contributed by atoms with Gasteiger partial charge in [-0.05, 0) is 19.3 Å². The van der Waals surface area contributed by atoms with E-state index in [-0.39, 0.29) is 25.3 Å². The van der Waals surface area contributed by atoms with Crippen LogP contribution in [0.15, 0.2) is 0 Å². The largest absolute Gasteiger partial charge is 0.480 e. The van der Waals surface area contributed by atoms with Gasteiger partial charge in [0.1, 0.15) is 6.61 Å². The Morgan fingerprint density at radius 3 is 2.79 bits per heavy atom. The number of carbonyl (C=O) groups is 2. The number of nitrogens with zero attached hydrogens (tertiary/aromatic N) is 1. The van der Waals surface area contributed by atoms with Crippen LogP contribution in [0.25, 0.3) is 0 Å². The van der Waals surface area contributed by atoms with Crippen molar-refractivity contribution in [3.8, 4) is 0 Å². The van der Waals surface area contributed by atoms with Crippen molar-refractivity contribution in [1.29, 1.82) is 0 Å². The van der Waals surface area contributed by atoms with Gasteiger partial charge >= 0.3 is 12.0 Å². The molecule has 1 unspecified atom stereocenters. The SMILES string of the molecule is O=C(O)COCCNC(=O)NC1CCN(C2CC2)C1. The van der Waals surface area contributed by atoms with Gasteiger partial charge in [0, 0.05) is 31.7 Å². The van der Waals surface area contributed by atoms with Crippen LogP contribution in [0.1, 0.15) is 19.3 Å². The smallest absolute Gasteiger partial charge is 0.329 e. The molecule has 0 aromatic rings. The lowest BCUT2D eigenvalue weighted by atomic mass is 10.3. The normalized spacial score (nSPS) is 23.3. The number of urea groups is 1. The van der Waals surface area contributed by atoms with E-state index in [0.717, 1.165) is 25.6 Å². The molecule has 1 aliphatic heterocycles. The second-order valence-electron chi connectivity index (χ2n) is 5.06. The van der Waals surface area contributed by atoms with E-state index < -0.39 is 5.97 Å². The number of hydrogen-bond acceptors (Lipinski definition) is 4. The average molecular weight is 271 g/mol. The first-order valence-electron chi connectivity index (χ1n) is 6.73. The van der Waals surface area contributed by atoms with Gasteiger partial charge in [-0.1, -0.05) is 0 Å². The maximum absolute atomic E-state index is 11.6. The molecule has 108 valence electrons. The molecule has 7 heteroatoms. The molecule has 2 rings (SSSR count). The van der Waals surface area contributed by atoms with E-state index in [0.29, 0.717) is 6.54 Å². The van der Waals surface area contributed by atoms with Crippen LogP contribution in [0.4, 0.5) is 4.79 Å². The summed E-state index contributed by atoms with van der Waals surface area (Å²) in [4.78, 5) is 24.2. The van der Waals surface area contributed by atoms with Crippen molar-refractivity contribution < 1.29 is 19.4 Å². The van der Waals surface area contributed by atoms with Gasteiger partial charge in [-0.3, -0.25) is 4.90 Å². The Balaban J connectivity index is 1.51. The standard InChI is InChI=1S/C12H21N3O4/c16-11(17)8-19-6-4-13-12(18)14-9-3-5-15(7-9)10-1-2-10/h9-10H,1-8H2,(H,16,17)(H2,13,14,18). The molecule has 19 heavy (non-hydrogen) atoms. The molecule has 0 bridgehead atoms. The third-order valence-corrected chi connectivity index (χ3v) is 3.38. The third-order valence-electron chi connectivity index (χ3n) is 3.38. The lowest BCUT2D eigenvalue weighted by Crippen LogP contribution is -2.44. The van der Waals surface area contributed by atoms with Gasteiger partial charge in [0.2, 0.25) is 0 Å². The van der Waals surface area contributed by atoms with Crippen LogP contribution in [0.5, 0.6) is 0 Å². The van der Waals surface area contributed by atoms with E-state index in [2.05, 4.69) is 15.5 Å². The summed E-state index contributed by atoms with van der Waals surface area (Å²) in [6.45, 7) is 2.20. The summed E-state index contributed by atoms with van der Waals surface area (Å²) >= 11 is 0. The monoisotopic (exact) mass is 271 g/mol. The Morgan fingerprint density at radius 1 is 1.32 bits per heavy atom. The summed E-state index contributed by atoms with van der Waals surface area (Å²) in [7, 11) is 0. The van der Waals surface area contributed by atoms with Crippen LogP contribution >= 0.6 is 0 Å². The maximum atomic E-state index is 11.6. The van der Waals surface area contributed by atoms with Gasteiger partial charge in [-0.15, -0.1) is 0 Å². The first kappa shape index (κ1) is 14.1. The second kappa shape index (κ2) is 6.72. The summed E-state index contributed by atoms with van der Waals surface area (Å²) in [6.07, 6.45) is 3.58. The van der Waals surface area contributed by atoms with Crippen LogP contribution in [-0.2, 0) is 9.53 Å². The molecule has 1 saturated heterocycles. The molecule has 2 fully saturated rings. The van der Waals surface area contributed by atoms with Crippen LogP contribution in [-0.4, -0.2) is 66.9 Å². The van der Waals surface area contributed by atoms with Gasteiger partial charge in [0.25, 0.3) is 0 Å². The number of carboxylic acid groups (broad SMARTS) is 1. The zero-order chi connectivity index (χ0) is 13.7. The number of amides is 2. The number of ether oxygens (including phenoxy) is 1. The number of nitrogens with one attached hydrogen (secondary N) is 2. The van der Waals surface area contributed by atoms with Gasteiger partial charge in [0.15, 0.2) is 0 Å². The molecule has 7 nitrogen and oxygen atoms in total. The number of carbonyl (C=O) groups excluding carboxylic acids is 1. The summed E-state index contributed by atoms with van der Waals surface area (Å²) in [5, 5.41) is 13.9. The Labute approximate surface area is 112 Å². The number of aliphatic carboxylic acids is 1. The molecular weight excluding hydrogens is 250 g/mol. The average Bonchev–Trinajstić information content (AvgIpc) is 3.10. The van der Waals surface area contributed by atoms with Crippen LogP contribution in [0, 0.1) is 0 Å². The van der Waals surface area contributed by atoms with Crippen LogP contribution in [0.3, 0.4) is 0 Å². The van der Waals surface area contributed by atoms with Gasteiger partial charge in [-0.25, -0.2) is 9.59 Å². The quantitative estimate of drug-likeness (QED) is 0.549. The maximum Gasteiger partial charge on any atom is 0.329 e. The summed E-state index contributed by atoms with van der Waals surface area (Å²) < 4.78 is 4.82. The predicted octanol–water partition coefficient (Wildman–Crippen LogP) is -0.376. The Bertz CT molecular complexity index is 333. The molecule has 1 heterocycles. The topological polar surface area (TPSA) is 90.9 Å². The van der Waals surface area contributed by atoms with E-state index >= 15 is 0 Å². The minimum atomic E-state index is -1.00. The van der Waals surface area contributed by atoms with Crippen molar-refractivity contribution in [3.63, 3.8) is 0 Å². The number of likely N-dealkylation sites (tertiary alicyclic amines) is 1. The minimum absolute atomic E-state index is 0.207. The summed E-state index contributed by atoms with van der Waals surface area (Å²) in [5.41, 5.74) is 0. The van der Waals surface area contributed by atoms with Crippen molar-refractivity contribution >= 4 is 12.0 Å². The molecule has 1 atom stereocenters. The predicted molar refractivity (Wildman–Crippen MR) is 68.0 cm³/mol. The molecule has 1 aliphatic carbocycles. The highest BCUT2D eigenvalue weighted by molar-refractivity contribution is 5.74. The lowest BCUT2D eigenvalue weighted by molar-refractivity contribution is -0.142. The van der Waals surface area contributed by atoms with E-state index in [1.54, 1.807) is 0 Å². The zero-order valence-corrected chi connectivity index (χ0v) is 10.9. The highest BCUT2D eigenvalue weighted by Gasteiger charge is 2.34.